The number of thioether (sulfide) groups is 1. The van der Waals surface area contributed by atoms with Gasteiger partial charge in [0.1, 0.15) is 0 Å². The number of anilines is 3. The minimum atomic E-state index is -0.275. The highest BCUT2D eigenvalue weighted by Gasteiger charge is 2.25. The molecule has 11 heteroatoms. The van der Waals surface area contributed by atoms with Gasteiger partial charge < -0.3 is 19.9 Å². The number of aromatic amines is 1. The Balaban J connectivity index is 1.59. The number of hydrogen-bond acceptors (Lipinski definition) is 9. The number of nitrogens with zero attached hydrogens (tertiary/aromatic N) is 6. The molecule has 30 heavy (non-hydrogen) atoms. The molecule has 3 aromatic rings. The summed E-state index contributed by atoms with van der Waals surface area (Å²) in [6.45, 7) is 6.63. The van der Waals surface area contributed by atoms with E-state index < -0.39 is 0 Å². The topological polar surface area (TPSA) is 112 Å². The lowest BCUT2D eigenvalue weighted by Crippen LogP contribution is -2.49. The lowest BCUT2D eigenvalue weighted by molar-refractivity contribution is 0.105. The van der Waals surface area contributed by atoms with Crippen LogP contribution in [-0.4, -0.2) is 74.7 Å². The van der Waals surface area contributed by atoms with E-state index in [2.05, 4.69) is 32.3 Å². The standard InChI is InChI=1S/C19H24N8O2S/c1-3-29-19(28)27-11-9-26(10-12-27)16-15(20-13-7-5-6-8-14(13)21-16)22-17-23-18(25-24-17)30-4-2/h5-8H,3-4,9-12H2,1-2H3,(H2,20,22,23,24,25). The van der Waals surface area contributed by atoms with Gasteiger partial charge in [0.05, 0.1) is 17.6 Å². The first kappa shape index (κ1) is 20.2. The molecule has 0 bridgehead atoms. The molecule has 1 fully saturated rings. The lowest BCUT2D eigenvalue weighted by Gasteiger charge is -2.35. The Morgan fingerprint density at radius 3 is 2.57 bits per heavy atom. The van der Waals surface area contributed by atoms with Crippen molar-refractivity contribution < 1.29 is 9.53 Å². The van der Waals surface area contributed by atoms with Crippen LogP contribution in [0.4, 0.5) is 22.4 Å². The van der Waals surface area contributed by atoms with Crippen LogP contribution >= 0.6 is 11.8 Å². The van der Waals surface area contributed by atoms with Crippen molar-refractivity contribution in [2.45, 2.75) is 19.0 Å². The number of hydrogen-bond donors (Lipinski definition) is 2. The van der Waals surface area contributed by atoms with Crippen molar-refractivity contribution in [2.75, 3.05) is 48.8 Å². The van der Waals surface area contributed by atoms with Crippen LogP contribution in [0.1, 0.15) is 13.8 Å². The third-order valence-electron chi connectivity index (χ3n) is 4.63. The van der Waals surface area contributed by atoms with E-state index in [4.69, 9.17) is 14.7 Å². The summed E-state index contributed by atoms with van der Waals surface area (Å²) >= 11 is 1.56. The molecule has 1 amide bonds. The number of H-pyrrole nitrogens is 1. The van der Waals surface area contributed by atoms with Gasteiger partial charge in [-0.3, -0.25) is 0 Å². The van der Waals surface area contributed by atoms with Gasteiger partial charge in [-0.15, -0.1) is 5.10 Å². The van der Waals surface area contributed by atoms with Crippen LogP contribution in [0.15, 0.2) is 29.4 Å². The predicted molar refractivity (Wildman–Crippen MR) is 116 cm³/mol. The predicted octanol–water partition coefficient (Wildman–Crippen LogP) is 2.88. The van der Waals surface area contributed by atoms with Crippen LogP contribution < -0.4 is 10.2 Å². The fourth-order valence-electron chi connectivity index (χ4n) is 3.22. The van der Waals surface area contributed by atoms with E-state index in [9.17, 15) is 4.79 Å². The van der Waals surface area contributed by atoms with Gasteiger partial charge >= 0.3 is 6.09 Å². The molecule has 0 aliphatic carbocycles. The number of ether oxygens (including phenoxy) is 1. The quantitative estimate of drug-likeness (QED) is 0.572. The van der Waals surface area contributed by atoms with E-state index in [0.717, 1.165) is 22.6 Å². The van der Waals surface area contributed by atoms with Crippen LogP contribution in [0.5, 0.6) is 0 Å². The van der Waals surface area contributed by atoms with Gasteiger partial charge in [-0.05, 0) is 24.8 Å². The van der Waals surface area contributed by atoms with Crippen molar-refractivity contribution in [3.63, 3.8) is 0 Å². The first-order chi connectivity index (χ1) is 14.7. The molecule has 158 valence electrons. The van der Waals surface area contributed by atoms with Crippen LogP contribution in [-0.2, 0) is 4.74 Å². The Morgan fingerprint density at radius 1 is 1.13 bits per heavy atom. The average molecular weight is 429 g/mol. The molecular weight excluding hydrogens is 404 g/mol. The molecule has 0 saturated carbocycles. The molecule has 0 spiro atoms. The van der Waals surface area contributed by atoms with E-state index in [1.807, 2.05) is 31.2 Å². The lowest BCUT2D eigenvalue weighted by atomic mass is 10.3. The molecule has 1 aromatic carbocycles. The summed E-state index contributed by atoms with van der Waals surface area (Å²) in [6, 6.07) is 7.74. The number of benzene rings is 1. The van der Waals surface area contributed by atoms with Crippen molar-refractivity contribution in [1.29, 1.82) is 0 Å². The zero-order valence-corrected chi connectivity index (χ0v) is 17.8. The second-order valence-corrected chi connectivity index (χ2v) is 7.81. The van der Waals surface area contributed by atoms with Crippen molar-refractivity contribution in [3.8, 4) is 0 Å². The number of fused-ring (bicyclic) bond motifs is 1. The molecule has 1 aliphatic rings. The second-order valence-electron chi connectivity index (χ2n) is 6.58. The zero-order valence-electron chi connectivity index (χ0n) is 17.0. The summed E-state index contributed by atoms with van der Waals surface area (Å²) in [6.07, 6.45) is -0.275. The fraction of sp³-hybridized carbons (Fsp3) is 0.421. The van der Waals surface area contributed by atoms with E-state index in [1.165, 1.54) is 0 Å². The summed E-state index contributed by atoms with van der Waals surface area (Å²) in [4.78, 5) is 29.9. The third-order valence-corrected chi connectivity index (χ3v) is 5.36. The van der Waals surface area contributed by atoms with Gasteiger partial charge in [0.15, 0.2) is 11.6 Å². The van der Waals surface area contributed by atoms with Crippen molar-refractivity contribution in [2.24, 2.45) is 0 Å². The first-order valence-corrected chi connectivity index (χ1v) is 10.9. The Bertz CT molecular complexity index is 1020. The van der Waals surface area contributed by atoms with Gasteiger partial charge in [0.2, 0.25) is 11.1 Å². The normalized spacial score (nSPS) is 14.2. The molecule has 0 unspecified atom stereocenters. The molecule has 0 radical (unpaired) electrons. The van der Waals surface area contributed by atoms with Crippen molar-refractivity contribution in [3.05, 3.63) is 24.3 Å². The Hall–Kier alpha value is -3.08. The molecule has 0 atom stereocenters. The smallest absolute Gasteiger partial charge is 0.409 e. The summed E-state index contributed by atoms with van der Waals surface area (Å²) in [5.41, 5.74) is 1.60. The molecule has 3 heterocycles. The van der Waals surface area contributed by atoms with Crippen LogP contribution in [0.2, 0.25) is 0 Å². The van der Waals surface area contributed by atoms with Gasteiger partial charge in [-0.25, -0.2) is 19.9 Å². The number of rotatable bonds is 6. The van der Waals surface area contributed by atoms with Crippen LogP contribution in [0, 0.1) is 0 Å². The third kappa shape index (κ3) is 4.40. The monoisotopic (exact) mass is 428 g/mol. The second kappa shape index (κ2) is 9.16. The summed E-state index contributed by atoms with van der Waals surface area (Å²) in [7, 11) is 0. The molecule has 4 rings (SSSR count). The first-order valence-electron chi connectivity index (χ1n) is 9.93. The highest BCUT2D eigenvalue weighted by Crippen LogP contribution is 2.28. The van der Waals surface area contributed by atoms with Gasteiger partial charge in [0, 0.05) is 26.2 Å². The van der Waals surface area contributed by atoms with Crippen LogP contribution in [0.3, 0.4) is 0 Å². The molecule has 10 nitrogen and oxygen atoms in total. The average Bonchev–Trinajstić information content (AvgIpc) is 3.21. The fourth-order valence-corrected chi connectivity index (χ4v) is 3.74. The number of piperazine rings is 1. The number of aromatic nitrogens is 5. The minimum absolute atomic E-state index is 0.275. The molecule has 2 N–H and O–H groups in total. The Kier molecular flexibility index (Phi) is 6.17. The van der Waals surface area contributed by atoms with E-state index in [0.29, 0.717) is 49.7 Å². The number of nitrogens with one attached hydrogen (secondary N) is 2. The zero-order chi connectivity index (χ0) is 20.9. The largest absolute Gasteiger partial charge is 0.450 e. The summed E-state index contributed by atoms with van der Waals surface area (Å²) < 4.78 is 5.11. The maximum atomic E-state index is 12.0. The molecule has 1 saturated heterocycles. The molecular formula is C19H24N8O2S. The maximum Gasteiger partial charge on any atom is 0.409 e. The Labute approximate surface area is 178 Å². The van der Waals surface area contributed by atoms with Gasteiger partial charge in [-0.1, -0.05) is 30.8 Å². The highest BCUT2D eigenvalue weighted by molar-refractivity contribution is 7.99. The SMILES string of the molecule is CCOC(=O)N1CCN(c2nc3ccccc3nc2Nc2nc(SCC)n[nH]2)CC1. The number of carbonyl (C=O) groups is 1. The number of para-hydroxylation sites is 2. The van der Waals surface area contributed by atoms with E-state index in [-0.39, 0.29) is 6.09 Å². The van der Waals surface area contributed by atoms with Crippen LogP contribution in [0.25, 0.3) is 11.0 Å². The Morgan fingerprint density at radius 2 is 1.87 bits per heavy atom. The van der Waals surface area contributed by atoms with Crippen molar-refractivity contribution >= 4 is 46.5 Å². The molecule has 2 aromatic heterocycles. The van der Waals surface area contributed by atoms with E-state index in [1.54, 1.807) is 16.7 Å². The number of amides is 1. The van der Waals surface area contributed by atoms with Gasteiger partial charge in [-0.2, -0.15) is 4.98 Å². The minimum Gasteiger partial charge on any atom is -0.450 e. The number of carbonyl (C=O) groups excluding carboxylic acids is 1. The van der Waals surface area contributed by atoms with Gasteiger partial charge in [0.25, 0.3) is 0 Å². The highest BCUT2D eigenvalue weighted by atomic mass is 32.2. The summed E-state index contributed by atoms with van der Waals surface area (Å²) in [5.74, 6) is 2.73. The van der Waals surface area contributed by atoms with Crippen molar-refractivity contribution in [1.82, 2.24) is 30.0 Å². The maximum absolute atomic E-state index is 12.0. The summed E-state index contributed by atoms with van der Waals surface area (Å²) in [5, 5.41) is 11.0. The van der Waals surface area contributed by atoms with E-state index >= 15 is 0 Å². The molecule has 1 aliphatic heterocycles.